The molecule has 0 saturated carbocycles. The van der Waals surface area contributed by atoms with Crippen molar-refractivity contribution < 1.29 is 36.5 Å². The van der Waals surface area contributed by atoms with Gasteiger partial charge in [0.15, 0.2) is 9.84 Å². The summed E-state index contributed by atoms with van der Waals surface area (Å²) in [5.74, 6) is 2.17. The van der Waals surface area contributed by atoms with Gasteiger partial charge in [-0.3, -0.25) is 4.21 Å². The van der Waals surface area contributed by atoms with Crippen molar-refractivity contribution in [3.8, 4) is 0 Å². The first-order valence-electron chi connectivity index (χ1n) is 18.7. The molecule has 50 heavy (non-hydrogen) atoms. The number of rotatable bonds is 8. The quantitative estimate of drug-likeness (QED) is 0.227. The zero-order chi connectivity index (χ0) is 41.8. The maximum atomic E-state index is 12.2. The minimum absolute atomic E-state index is 0.135. The first-order chi connectivity index (χ1) is 21.0. The van der Waals surface area contributed by atoms with Crippen molar-refractivity contribution in [3.05, 3.63) is 0 Å². The van der Waals surface area contributed by atoms with Gasteiger partial charge < -0.3 is 4.57 Å². The predicted octanol–water partition coefficient (Wildman–Crippen LogP) is 13.0. The van der Waals surface area contributed by atoms with E-state index >= 15 is 0 Å². The van der Waals surface area contributed by atoms with Gasteiger partial charge in [0, 0.05) is 34.6 Å². The second-order valence-electron chi connectivity index (χ2n) is 24.8. The Bertz CT molecular complexity index is 1030. The second-order valence-corrected chi connectivity index (χ2v) is 33.6. The van der Waals surface area contributed by atoms with E-state index in [4.69, 9.17) is 0 Å². The Morgan fingerprint density at radius 1 is 0.480 bits per heavy atom. The van der Waals surface area contributed by atoms with E-state index in [1.54, 1.807) is 23.3 Å². The van der Waals surface area contributed by atoms with Gasteiger partial charge in [0.25, 0.3) is 0 Å². The van der Waals surface area contributed by atoms with E-state index in [0.29, 0.717) is 10.8 Å². The fraction of sp³-hybridized carbons (Fsp3) is 0.976. The van der Waals surface area contributed by atoms with Gasteiger partial charge in [0.05, 0.1) is 18.6 Å². The topological polar surface area (TPSA) is 68.3 Å². The Kier molecular flexibility index (Phi) is 24.5. The fourth-order valence-corrected chi connectivity index (χ4v) is 17.7. The number of hydrogen-bond donors (Lipinski definition) is 0. The third-order valence-corrected chi connectivity index (χ3v) is 14.8. The molecule has 0 amide bonds. The Hall–Kier alpha value is 0.888. The van der Waals surface area contributed by atoms with E-state index in [1.807, 2.05) is 48.2 Å². The Morgan fingerprint density at radius 3 is 0.880 bits per heavy atom. The van der Waals surface area contributed by atoms with Crippen LogP contribution in [0.25, 0.3) is 0 Å². The van der Waals surface area contributed by atoms with Crippen LogP contribution in [-0.2, 0) is 44.6 Å². The van der Waals surface area contributed by atoms with Crippen molar-refractivity contribution >= 4 is 31.7 Å². The van der Waals surface area contributed by atoms with Crippen LogP contribution in [-0.4, -0.2) is 58.5 Å². The maximum absolute atomic E-state index is 12.2. The van der Waals surface area contributed by atoms with Gasteiger partial charge in [-0.05, 0) is 39.2 Å². The van der Waals surface area contributed by atoms with Gasteiger partial charge in [-0.15, -0.1) is 0 Å². The van der Waals surface area contributed by atoms with Crippen molar-refractivity contribution in [2.75, 3.05) is 42.0 Å². The molecule has 0 N–H and O–H groups in total. The summed E-state index contributed by atoms with van der Waals surface area (Å²) in [7, 11) is -5.49. The molecule has 0 aliphatic heterocycles. The minimum atomic E-state index is -2.90. The third-order valence-electron chi connectivity index (χ3n) is 5.57. The molecule has 0 aromatic carbocycles. The summed E-state index contributed by atoms with van der Waals surface area (Å²) in [4.78, 5) is 0. The summed E-state index contributed by atoms with van der Waals surface area (Å²) in [5, 5.41) is 0. The summed E-state index contributed by atoms with van der Waals surface area (Å²) >= 11 is 1.68. The predicted molar refractivity (Wildman–Crippen MR) is 230 cm³/mol. The van der Waals surface area contributed by atoms with E-state index in [1.165, 1.54) is 12.8 Å². The normalized spacial score (nSPS) is 14.1. The molecule has 0 aromatic rings. The van der Waals surface area contributed by atoms with Crippen molar-refractivity contribution in [1.29, 1.82) is 0 Å². The zero-order valence-electron chi connectivity index (χ0n) is 38.5. The molecule has 0 unspecified atom stereocenters. The fourth-order valence-electron chi connectivity index (χ4n) is 5.70. The van der Waals surface area contributed by atoms with Crippen molar-refractivity contribution in [1.82, 2.24) is 0 Å². The molecule has 0 aliphatic rings. The van der Waals surface area contributed by atoms with E-state index in [0.717, 1.165) is 23.8 Å². The zero-order valence-corrected chi connectivity index (χ0v) is 43.9. The summed E-state index contributed by atoms with van der Waals surface area (Å²) in [5.41, 5.74) is 1.44. The molecule has 0 atom stereocenters. The number of hydrogen-bond acceptors (Lipinski definition) is 4. The van der Waals surface area contributed by atoms with Gasteiger partial charge in [0.1, 0.15) is 0 Å². The van der Waals surface area contributed by atoms with E-state index in [9.17, 15) is 17.2 Å². The molecule has 0 aromatic heterocycles. The van der Waals surface area contributed by atoms with Crippen molar-refractivity contribution in [2.45, 2.75) is 179 Å². The molecule has 4 nitrogen and oxygen atoms in total. The average molecular weight is 939 g/mol. The van der Waals surface area contributed by atoms with Crippen LogP contribution in [0, 0.1) is 43.3 Å². The molecular weight excluding hydrogens is 847 g/mol. The number of sulfone groups is 1. The van der Waals surface area contributed by atoms with Crippen LogP contribution in [0.2, 0.25) is 0 Å². The molecule has 0 radical (unpaired) electrons. The molecule has 0 saturated heterocycles. The Balaban J connectivity index is -0.000000282. The molecule has 0 rings (SSSR count). The standard InChI is InChI=1S/C11H25OP.C11H22.C10H22O2S.C10H22OS.W/c1-10(2,3)8-13(7,12)9-11(4,5)6;1-10(2,3)8-7-9-11(4,5)6;1-9(2,3)7-13(11,12)8-10(4,5)6;1-9(2,3)7-12(11)8-10(4,5)6;/h8-9H2,1-7H3;8-9H2,1-6H3;7-8H2,1-6H3;7-8H2,1-6H3;. The molecule has 8 heteroatoms. The first kappa shape index (κ1) is 57.6. The second kappa shape index (κ2) is 21.3. The van der Waals surface area contributed by atoms with Crippen molar-refractivity contribution in [2.24, 2.45) is 43.3 Å². The summed E-state index contributed by atoms with van der Waals surface area (Å²) in [6.07, 6.45) is 4.30. The SMILES string of the molecule is CC(C)(C)CP(C)(=O)CC(C)(C)C.CC(C)(C)CS(=O)(=O)CC(C)(C)C.CC(C)(C)CS(=O)CC(C)(C)C.CC(C)(C)C[C](=[W])CC(C)(C)C. The van der Waals surface area contributed by atoms with E-state index in [-0.39, 0.29) is 44.0 Å². The molecule has 0 aliphatic carbocycles. The molecular formula is C42H91O4PS2W. The van der Waals surface area contributed by atoms with Crippen LogP contribution in [0.5, 0.6) is 0 Å². The van der Waals surface area contributed by atoms with Gasteiger partial charge in [-0.1, -0.05) is 125 Å². The van der Waals surface area contributed by atoms with E-state index < -0.39 is 27.8 Å². The van der Waals surface area contributed by atoms with Crippen LogP contribution in [0.1, 0.15) is 179 Å². The van der Waals surface area contributed by atoms with Gasteiger partial charge >= 0.3 is 88.5 Å². The van der Waals surface area contributed by atoms with Gasteiger partial charge in [0.2, 0.25) is 0 Å². The molecule has 0 spiro atoms. The molecule has 0 bridgehead atoms. The Morgan fingerprint density at radius 2 is 0.720 bits per heavy atom. The summed E-state index contributed by atoms with van der Waals surface area (Å²) in [6.45, 7) is 53.3. The molecule has 306 valence electrons. The van der Waals surface area contributed by atoms with Gasteiger partial charge in [-0.2, -0.15) is 0 Å². The van der Waals surface area contributed by atoms with Crippen LogP contribution >= 0.6 is 7.14 Å². The first-order valence-corrected chi connectivity index (χ1v) is 26.0. The van der Waals surface area contributed by atoms with Crippen LogP contribution in [0.3, 0.4) is 0 Å². The van der Waals surface area contributed by atoms with Crippen LogP contribution in [0.15, 0.2) is 0 Å². The monoisotopic (exact) mass is 939 g/mol. The Labute approximate surface area is 330 Å². The average Bonchev–Trinajstić information content (AvgIpc) is 2.53. The van der Waals surface area contributed by atoms with Crippen molar-refractivity contribution in [3.63, 3.8) is 0 Å². The van der Waals surface area contributed by atoms with Crippen LogP contribution < -0.4 is 0 Å². The van der Waals surface area contributed by atoms with E-state index in [2.05, 4.69) is 125 Å². The molecule has 0 heterocycles. The third kappa shape index (κ3) is 55.6. The van der Waals surface area contributed by atoms with Gasteiger partial charge in [-0.25, -0.2) is 8.42 Å². The summed E-state index contributed by atoms with van der Waals surface area (Å²) in [6, 6.07) is 0. The van der Waals surface area contributed by atoms with Crippen LogP contribution in [0.4, 0.5) is 0 Å². The molecule has 0 fully saturated rings. The summed E-state index contributed by atoms with van der Waals surface area (Å²) < 4.78 is 48.9.